The van der Waals surface area contributed by atoms with Crippen molar-refractivity contribution in [1.82, 2.24) is 19.4 Å². The summed E-state index contributed by atoms with van der Waals surface area (Å²) in [6.07, 6.45) is 7.58. The monoisotopic (exact) mass is 450 g/mol. The van der Waals surface area contributed by atoms with Crippen molar-refractivity contribution in [2.75, 3.05) is 26.0 Å². The molecule has 0 fully saturated rings. The molecule has 162 valence electrons. The molecule has 8 nitrogen and oxygen atoms in total. The maximum Gasteiger partial charge on any atom is 0.332 e. The molecule has 1 aromatic heterocycles. The first kappa shape index (κ1) is 21.1. The van der Waals surface area contributed by atoms with Gasteiger partial charge in [0.1, 0.15) is 0 Å². The van der Waals surface area contributed by atoms with Crippen molar-refractivity contribution >= 4 is 33.2 Å². The van der Waals surface area contributed by atoms with Crippen LogP contribution in [-0.4, -0.2) is 45.6 Å². The van der Waals surface area contributed by atoms with Gasteiger partial charge in [0.05, 0.1) is 11.6 Å². The summed E-state index contributed by atoms with van der Waals surface area (Å²) < 4.78 is 25.0. The van der Waals surface area contributed by atoms with E-state index in [1.54, 1.807) is 4.68 Å². The molecule has 2 aromatic rings. The number of rotatable bonds is 6. The van der Waals surface area contributed by atoms with E-state index < -0.39 is 15.9 Å². The number of carbonyl (C=O) groups is 1. The molecule has 0 saturated heterocycles. The fraction of sp³-hybridized carbons (Fsp3) is 0.500. The van der Waals surface area contributed by atoms with Crippen LogP contribution in [0, 0.1) is 4.78 Å². The van der Waals surface area contributed by atoms with Crippen LogP contribution in [0.1, 0.15) is 35.1 Å². The summed E-state index contributed by atoms with van der Waals surface area (Å²) in [4.78, 5) is 14.7. The SMILES string of the molecule is CN(C)CCn1cc(Cl)c(S(=N)(=O)NC(=O)Nc2c3c(cc4c2CCC4)CCC3)n1. The first-order valence-electron chi connectivity index (χ1n) is 10.2. The van der Waals surface area contributed by atoms with Crippen LogP contribution in [0.25, 0.3) is 0 Å². The Labute approximate surface area is 182 Å². The number of aryl methyl sites for hydroxylation is 2. The van der Waals surface area contributed by atoms with Crippen LogP contribution < -0.4 is 10.0 Å². The van der Waals surface area contributed by atoms with E-state index >= 15 is 0 Å². The van der Waals surface area contributed by atoms with Crippen LogP contribution >= 0.6 is 11.6 Å². The molecule has 30 heavy (non-hydrogen) atoms. The molecule has 1 unspecified atom stereocenters. The molecule has 3 N–H and O–H groups in total. The van der Waals surface area contributed by atoms with E-state index in [1.165, 1.54) is 28.5 Å². The maximum atomic E-state index is 13.0. The molecule has 0 spiro atoms. The Balaban J connectivity index is 1.53. The van der Waals surface area contributed by atoms with Crippen LogP contribution in [0.2, 0.25) is 5.02 Å². The second kappa shape index (κ2) is 8.20. The van der Waals surface area contributed by atoms with Gasteiger partial charge in [-0.15, -0.1) is 0 Å². The number of halogens is 1. The second-order valence-electron chi connectivity index (χ2n) is 8.19. The minimum Gasteiger partial charge on any atom is -0.308 e. The van der Waals surface area contributed by atoms with Gasteiger partial charge in [0, 0.05) is 18.4 Å². The van der Waals surface area contributed by atoms with Crippen LogP contribution in [0.15, 0.2) is 17.3 Å². The Morgan fingerprint density at radius 2 is 1.87 bits per heavy atom. The number of likely N-dealkylation sites (N-methyl/N-ethyl adjacent to an activating group) is 1. The number of hydrogen-bond acceptors (Lipinski definition) is 5. The minimum atomic E-state index is -3.70. The largest absolute Gasteiger partial charge is 0.332 e. The molecule has 0 radical (unpaired) electrons. The zero-order valence-electron chi connectivity index (χ0n) is 17.3. The summed E-state index contributed by atoms with van der Waals surface area (Å²) in [5, 5.41) is 7.07. The Bertz CT molecular complexity index is 1060. The van der Waals surface area contributed by atoms with Crippen LogP contribution in [0.5, 0.6) is 0 Å². The highest BCUT2D eigenvalue weighted by Crippen LogP contribution is 2.38. The fourth-order valence-electron chi connectivity index (χ4n) is 4.28. The smallest absolute Gasteiger partial charge is 0.308 e. The van der Waals surface area contributed by atoms with Crippen molar-refractivity contribution in [3.8, 4) is 0 Å². The Morgan fingerprint density at radius 1 is 1.23 bits per heavy atom. The highest BCUT2D eigenvalue weighted by molar-refractivity contribution is 7.91. The molecular weight excluding hydrogens is 424 g/mol. The van der Waals surface area contributed by atoms with E-state index in [9.17, 15) is 9.00 Å². The van der Waals surface area contributed by atoms with Crippen LogP contribution in [-0.2, 0) is 42.1 Å². The molecule has 2 aliphatic rings. The van der Waals surface area contributed by atoms with Gasteiger partial charge in [0.25, 0.3) is 0 Å². The average Bonchev–Trinajstić information content (AvgIpc) is 3.38. The van der Waals surface area contributed by atoms with Gasteiger partial charge in [-0.2, -0.15) is 5.10 Å². The van der Waals surface area contributed by atoms with Crippen LogP contribution in [0.4, 0.5) is 10.5 Å². The molecule has 1 heterocycles. The molecule has 10 heteroatoms. The number of nitrogens with zero attached hydrogens (tertiary/aromatic N) is 3. The quantitative estimate of drug-likeness (QED) is 0.628. The van der Waals surface area contributed by atoms with E-state index in [-0.39, 0.29) is 10.0 Å². The fourth-order valence-corrected chi connectivity index (χ4v) is 5.71. The zero-order chi connectivity index (χ0) is 21.5. The average molecular weight is 451 g/mol. The zero-order valence-corrected chi connectivity index (χ0v) is 18.8. The third kappa shape index (κ3) is 4.19. The summed E-state index contributed by atoms with van der Waals surface area (Å²) in [6.45, 7) is 1.26. The van der Waals surface area contributed by atoms with E-state index in [2.05, 4.69) is 21.2 Å². The number of fused-ring (bicyclic) bond motifs is 2. The molecule has 0 aliphatic heterocycles. The number of benzene rings is 1. The Morgan fingerprint density at radius 3 is 2.47 bits per heavy atom. The van der Waals surface area contributed by atoms with Gasteiger partial charge >= 0.3 is 6.03 Å². The Hall–Kier alpha value is -2.10. The molecule has 0 saturated carbocycles. The molecule has 0 bridgehead atoms. The predicted molar refractivity (Wildman–Crippen MR) is 118 cm³/mol. The maximum absolute atomic E-state index is 13.0. The standard InChI is InChI=1S/C20H27ClN6O2S/c1-26(2)9-10-27-12-17(21)19(24-27)30(22,29)25-20(28)23-18-15-7-3-5-13(15)11-14-6-4-8-16(14)18/h11-12H,3-10H2,1-2H3,(H3,22,23,25,28,29). The highest BCUT2D eigenvalue weighted by Gasteiger charge is 2.27. The molecule has 4 rings (SSSR count). The molecule has 2 amide bonds. The number of anilines is 1. The van der Waals surface area contributed by atoms with E-state index in [0.29, 0.717) is 6.54 Å². The van der Waals surface area contributed by atoms with E-state index in [0.717, 1.165) is 50.8 Å². The lowest BCUT2D eigenvalue weighted by atomic mass is 9.99. The van der Waals surface area contributed by atoms with Crippen molar-refractivity contribution in [2.45, 2.75) is 50.1 Å². The van der Waals surface area contributed by atoms with Gasteiger partial charge in [-0.05, 0) is 74.9 Å². The summed E-state index contributed by atoms with van der Waals surface area (Å²) in [6, 6.07) is 1.62. The predicted octanol–water partition coefficient (Wildman–Crippen LogP) is 3.22. The van der Waals surface area contributed by atoms with Gasteiger partial charge in [0.2, 0.25) is 0 Å². The third-order valence-electron chi connectivity index (χ3n) is 5.68. The van der Waals surface area contributed by atoms with Crippen molar-refractivity contribution in [2.24, 2.45) is 0 Å². The van der Waals surface area contributed by atoms with Crippen molar-refractivity contribution < 1.29 is 9.00 Å². The van der Waals surface area contributed by atoms with Crippen molar-refractivity contribution in [1.29, 1.82) is 4.78 Å². The normalized spacial score (nSPS) is 16.9. The van der Waals surface area contributed by atoms with Gasteiger partial charge in [-0.1, -0.05) is 17.7 Å². The van der Waals surface area contributed by atoms with E-state index in [4.69, 9.17) is 16.4 Å². The number of urea groups is 1. The number of amides is 2. The van der Waals surface area contributed by atoms with Gasteiger partial charge in [0.15, 0.2) is 14.9 Å². The number of hydrogen-bond donors (Lipinski definition) is 3. The number of nitrogens with one attached hydrogen (secondary N) is 3. The first-order chi connectivity index (χ1) is 14.2. The van der Waals surface area contributed by atoms with Crippen LogP contribution in [0.3, 0.4) is 0 Å². The number of carbonyl (C=O) groups excluding carboxylic acids is 1. The third-order valence-corrected chi connectivity index (χ3v) is 7.39. The van der Waals surface area contributed by atoms with Gasteiger partial charge < -0.3 is 10.2 Å². The summed E-state index contributed by atoms with van der Waals surface area (Å²) in [7, 11) is 0.171. The Kier molecular flexibility index (Phi) is 5.78. The highest BCUT2D eigenvalue weighted by atomic mass is 35.5. The van der Waals surface area contributed by atoms with E-state index in [1.807, 2.05) is 19.0 Å². The van der Waals surface area contributed by atoms with Crippen molar-refractivity contribution in [3.63, 3.8) is 0 Å². The summed E-state index contributed by atoms with van der Waals surface area (Å²) in [5.74, 6) is 0. The minimum absolute atomic E-state index is 0.107. The second-order valence-corrected chi connectivity index (χ2v) is 10.3. The van der Waals surface area contributed by atoms with Gasteiger partial charge in [-0.25, -0.2) is 18.5 Å². The topological polar surface area (TPSA) is 103 Å². The van der Waals surface area contributed by atoms with Gasteiger partial charge in [-0.3, -0.25) is 4.68 Å². The molecule has 1 atom stereocenters. The number of aromatic nitrogens is 2. The lowest BCUT2D eigenvalue weighted by molar-refractivity contribution is 0.256. The summed E-state index contributed by atoms with van der Waals surface area (Å²) >= 11 is 6.17. The lowest BCUT2D eigenvalue weighted by Gasteiger charge is -2.17. The lowest BCUT2D eigenvalue weighted by Crippen LogP contribution is -2.34. The first-order valence-corrected chi connectivity index (χ1v) is 12.1. The molecular formula is C20H27ClN6O2S. The van der Waals surface area contributed by atoms with Crippen molar-refractivity contribution in [3.05, 3.63) is 39.5 Å². The summed E-state index contributed by atoms with van der Waals surface area (Å²) in [5.41, 5.74) is 5.77. The molecule has 1 aromatic carbocycles. The molecule has 2 aliphatic carbocycles.